The van der Waals surface area contributed by atoms with Gasteiger partial charge in [-0.05, 0) is 11.6 Å². The first kappa shape index (κ1) is 28.2. The Kier molecular flexibility index (Phi) is 7.46. The van der Waals surface area contributed by atoms with E-state index < -0.39 is 46.5 Å². The third-order valence-corrected chi connectivity index (χ3v) is 3.27. The summed E-state index contributed by atoms with van der Waals surface area (Å²) in [5, 5.41) is -5.05. The molecule has 0 aliphatic rings. The van der Waals surface area contributed by atoms with Crippen LogP contribution in [-0.4, -0.2) is 51.6 Å². The van der Waals surface area contributed by atoms with E-state index in [0.717, 1.165) is 0 Å². The topological polar surface area (TPSA) is 46.5 Å². The number of aliphatic carboxylic acids is 1. The molecular formula is C8H2Cl2F14O3. The van der Waals surface area contributed by atoms with Gasteiger partial charge in [0.05, 0.1) is 0 Å². The Morgan fingerprint density at radius 2 is 1.07 bits per heavy atom. The van der Waals surface area contributed by atoms with Crippen LogP contribution >= 0.6 is 23.2 Å². The lowest BCUT2D eigenvalue weighted by Gasteiger charge is -2.42. The van der Waals surface area contributed by atoms with Crippen molar-refractivity contribution in [2.24, 2.45) is 0 Å². The molecule has 0 radical (unpaired) electrons. The molecule has 0 amide bonds. The van der Waals surface area contributed by atoms with Gasteiger partial charge < -0.3 is 5.11 Å². The van der Waals surface area contributed by atoms with Crippen molar-refractivity contribution in [1.82, 2.24) is 0 Å². The second kappa shape index (κ2) is 7.13. The van der Waals surface area contributed by atoms with Crippen LogP contribution < -0.4 is 0 Å². The molecule has 3 nitrogen and oxygen atoms in total. The Labute approximate surface area is 147 Å². The summed E-state index contributed by atoms with van der Waals surface area (Å²) in [5.41, 5.74) is 0. The maximum atomic E-state index is 13.7. The molecule has 0 aromatic carbocycles. The van der Waals surface area contributed by atoms with E-state index in [9.17, 15) is 61.9 Å². The van der Waals surface area contributed by atoms with E-state index in [4.69, 9.17) is 5.11 Å². The Balaban J connectivity index is 0. The van der Waals surface area contributed by atoms with Gasteiger partial charge in [-0.3, -0.25) is 9.44 Å². The fourth-order valence-corrected chi connectivity index (χ4v) is 1.34. The molecule has 0 bridgehead atoms. The van der Waals surface area contributed by atoms with Crippen LogP contribution in [0.2, 0.25) is 0 Å². The lowest BCUT2D eigenvalue weighted by Crippen LogP contribution is -2.71. The molecule has 0 aliphatic carbocycles. The average molecular weight is 483 g/mol. The number of hydrogen-bond donors (Lipinski definition) is 1. The lowest BCUT2D eigenvalue weighted by atomic mass is 10.0. The van der Waals surface area contributed by atoms with Gasteiger partial charge in [-0.2, -0.15) is 52.7 Å². The fourth-order valence-electron chi connectivity index (χ4n) is 1.10. The monoisotopic (exact) mass is 482 g/mol. The highest BCUT2D eigenvalue weighted by molar-refractivity contribution is 6.33. The summed E-state index contributed by atoms with van der Waals surface area (Å²) in [5.74, 6) is -26.4. The van der Waals surface area contributed by atoms with Crippen molar-refractivity contribution in [3.05, 3.63) is 0 Å². The maximum Gasteiger partial charge on any atom is 0.460 e. The van der Waals surface area contributed by atoms with E-state index in [1.54, 1.807) is 4.74 Å². The Hall–Kier alpha value is -0.970. The molecule has 19 heteroatoms. The van der Waals surface area contributed by atoms with E-state index >= 15 is 0 Å². The summed E-state index contributed by atoms with van der Waals surface area (Å²) in [6.07, 6.45) is -14.8. The van der Waals surface area contributed by atoms with Crippen LogP contribution in [0, 0.1) is 0 Å². The largest absolute Gasteiger partial charge is 0.477 e. The number of carbonyl (C=O) groups is 1. The number of ether oxygens (including phenoxy) is 1. The molecule has 0 saturated carbocycles. The highest BCUT2D eigenvalue weighted by Gasteiger charge is 2.88. The third kappa shape index (κ3) is 4.23. The summed E-state index contributed by atoms with van der Waals surface area (Å²) in [4.78, 5) is 10.1. The van der Waals surface area contributed by atoms with Gasteiger partial charge in [0, 0.05) is 0 Å². The Bertz CT molecular complexity index is 554. The van der Waals surface area contributed by atoms with Gasteiger partial charge in [-0.25, -0.2) is 9.18 Å². The predicted octanol–water partition coefficient (Wildman–Crippen LogP) is 5.07. The normalized spacial score (nSPS) is 20.7. The SMILES string of the molecule is F.O=C(O)C(F)(OC(F)(C(F)(F)F)C(F)(F)C(F)(Cl)C(F)(F)Cl)C(F)(F)F. The summed E-state index contributed by atoms with van der Waals surface area (Å²) in [6.45, 7) is 0. The highest BCUT2D eigenvalue weighted by atomic mass is 35.5. The summed E-state index contributed by atoms with van der Waals surface area (Å²) >= 11 is 7.39. The van der Waals surface area contributed by atoms with Crippen LogP contribution in [0.4, 0.5) is 61.8 Å². The molecule has 3 unspecified atom stereocenters. The molecule has 0 spiro atoms. The van der Waals surface area contributed by atoms with Crippen LogP contribution in [0.25, 0.3) is 0 Å². The fraction of sp³-hybridized carbons (Fsp3) is 0.875. The van der Waals surface area contributed by atoms with Gasteiger partial charge in [0.1, 0.15) is 0 Å². The first-order valence-electron chi connectivity index (χ1n) is 5.17. The van der Waals surface area contributed by atoms with Crippen LogP contribution in [0.15, 0.2) is 0 Å². The first-order valence-corrected chi connectivity index (χ1v) is 5.93. The Morgan fingerprint density at radius 1 is 0.741 bits per heavy atom. The number of rotatable bonds is 6. The van der Waals surface area contributed by atoms with Gasteiger partial charge in [0.25, 0.3) is 0 Å². The molecule has 27 heavy (non-hydrogen) atoms. The van der Waals surface area contributed by atoms with Crippen molar-refractivity contribution in [2.75, 3.05) is 0 Å². The van der Waals surface area contributed by atoms with E-state index in [0.29, 0.717) is 0 Å². The van der Waals surface area contributed by atoms with Crippen molar-refractivity contribution in [3.63, 3.8) is 0 Å². The smallest absolute Gasteiger partial charge is 0.460 e. The van der Waals surface area contributed by atoms with Crippen LogP contribution in [0.1, 0.15) is 0 Å². The highest BCUT2D eigenvalue weighted by Crippen LogP contribution is 2.60. The summed E-state index contributed by atoms with van der Waals surface area (Å²) in [7, 11) is 0. The molecule has 0 aliphatic heterocycles. The molecule has 164 valence electrons. The standard InChI is InChI=1S/C8HCl2F13O3.FH/c9-3(12,6(10,16)17)4(13,14)5(15,8(21,22)23)26-2(11,1(24)25)7(18,19)20;/h(H,24,25);1H. The molecule has 0 saturated heterocycles. The molecule has 0 aromatic rings. The minimum Gasteiger partial charge on any atom is -0.477 e. The Morgan fingerprint density at radius 3 is 1.26 bits per heavy atom. The quantitative estimate of drug-likeness (QED) is 0.425. The van der Waals surface area contributed by atoms with Crippen LogP contribution in [0.5, 0.6) is 0 Å². The minimum atomic E-state index is -7.68. The molecule has 3 atom stereocenters. The van der Waals surface area contributed by atoms with Gasteiger partial charge >= 0.3 is 46.5 Å². The predicted molar refractivity (Wildman–Crippen MR) is 56.5 cm³/mol. The first-order chi connectivity index (χ1) is 10.9. The van der Waals surface area contributed by atoms with Crippen molar-refractivity contribution >= 4 is 29.2 Å². The zero-order chi connectivity index (χ0) is 21.8. The number of halogens is 16. The van der Waals surface area contributed by atoms with Gasteiger partial charge in [-0.1, -0.05) is 11.6 Å². The van der Waals surface area contributed by atoms with E-state index in [-0.39, 0.29) is 4.70 Å². The van der Waals surface area contributed by atoms with E-state index in [1.807, 2.05) is 0 Å². The lowest BCUT2D eigenvalue weighted by molar-refractivity contribution is -0.473. The minimum absolute atomic E-state index is 0. The molecule has 0 fully saturated rings. The van der Waals surface area contributed by atoms with E-state index in [1.165, 1.54) is 0 Å². The summed E-state index contributed by atoms with van der Waals surface area (Å²) in [6, 6.07) is 0. The van der Waals surface area contributed by atoms with Crippen LogP contribution in [-0.2, 0) is 9.53 Å². The molecule has 0 rings (SSSR count). The number of carboxylic acid groups (broad SMARTS) is 1. The van der Waals surface area contributed by atoms with Gasteiger partial charge in [0.15, 0.2) is 0 Å². The second-order valence-electron chi connectivity index (χ2n) is 4.24. The molecular weight excluding hydrogens is 481 g/mol. The third-order valence-electron chi connectivity index (χ3n) is 2.44. The zero-order valence-electron chi connectivity index (χ0n) is 11.3. The number of hydrogen-bond acceptors (Lipinski definition) is 2. The summed E-state index contributed by atoms with van der Waals surface area (Å²) < 4.78 is 168. The molecule has 0 aromatic heterocycles. The van der Waals surface area contributed by atoms with Crippen molar-refractivity contribution in [3.8, 4) is 0 Å². The van der Waals surface area contributed by atoms with Crippen LogP contribution in [0.3, 0.4) is 0 Å². The van der Waals surface area contributed by atoms with Gasteiger partial charge in [-0.15, -0.1) is 0 Å². The zero-order valence-corrected chi connectivity index (χ0v) is 12.9. The second-order valence-corrected chi connectivity index (χ2v) is 5.24. The average Bonchev–Trinajstić information content (AvgIpc) is 2.33. The van der Waals surface area contributed by atoms with Crippen molar-refractivity contribution in [1.29, 1.82) is 0 Å². The number of carboxylic acids is 1. The van der Waals surface area contributed by atoms with E-state index in [2.05, 4.69) is 23.2 Å². The maximum absolute atomic E-state index is 13.7. The number of alkyl halides is 15. The van der Waals surface area contributed by atoms with Gasteiger partial charge in [0.2, 0.25) is 0 Å². The van der Waals surface area contributed by atoms with Crippen molar-refractivity contribution in [2.45, 2.75) is 40.5 Å². The van der Waals surface area contributed by atoms with Crippen molar-refractivity contribution < 1.29 is 76.4 Å². The molecule has 0 heterocycles. The molecule has 1 N–H and O–H groups in total.